The summed E-state index contributed by atoms with van der Waals surface area (Å²) in [6, 6.07) is 2.64. The van der Waals surface area contributed by atoms with Crippen molar-refractivity contribution in [2.75, 3.05) is 0 Å². The zero-order valence-electron chi connectivity index (χ0n) is 5.92. The van der Waals surface area contributed by atoms with E-state index in [1.165, 1.54) is 0 Å². The van der Waals surface area contributed by atoms with E-state index in [1.807, 2.05) is 0 Å². The lowest BCUT2D eigenvalue weighted by molar-refractivity contribution is -0.138. The lowest BCUT2D eigenvalue weighted by atomic mass is 10.2. The molecule has 72 valence electrons. The van der Waals surface area contributed by atoms with Crippen LogP contribution in [0.2, 0.25) is 0 Å². The summed E-state index contributed by atoms with van der Waals surface area (Å²) in [6.45, 7) is 0. The fourth-order valence-electron chi connectivity index (χ4n) is 0.762. The fraction of sp³-hybridized carbons (Fsp3) is 0.143. The molecule has 13 heavy (non-hydrogen) atoms. The minimum atomic E-state index is -4.30. The molecular weight excluding hydrogens is 428 g/mol. The number of halogens is 6. The summed E-state index contributed by atoms with van der Waals surface area (Å²) in [5.74, 6) is 0. The monoisotopic (exact) mass is 428 g/mol. The SMILES string of the molecule is FC(F)(F)c1cc(Br)cc(Br)c1I. The van der Waals surface area contributed by atoms with Gasteiger partial charge in [0.25, 0.3) is 0 Å². The average Bonchev–Trinajstić information content (AvgIpc) is 1.94. The second kappa shape index (κ2) is 4.06. The van der Waals surface area contributed by atoms with Gasteiger partial charge in [-0.1, -0.05) is 15.9 Å². The van der Waals surface area contributed by atoms with Gasteiger partial charge in [0, 0.05) is 12.5 Å². The average molecular weight is 430 g/mol. The molecule has 0 spiro atoms. The van der Waals surface area contributed by atoms with Crippen LogP contribution in [0.3, 0.4) is 0 Å². The Morgan fingerprint density at radius 1 is 1.15 bits per heavy atom. The summed E-state index contributed by atoms with van der Waals surface area (Å²) in [6.07, 6.45) is -4.30. The normalized spacial score (nSPS) is 11.8. The topological polar surface area (TPSA) is 0 Å². The summed E-state index contributed by atoms with van der Waals surface area (Å²) >= 11 is 7.72. The highest BCUT2D eigenvalue weighted by molar-refractivity contribution is 14.1. The molecule has 0 saturated heterocycles. The van der Waals surface area contributed by atoms with E-state index < -0.39 is 11.7 Å². The summed E-state index contributed by atoms with van der Waals surface area (Å²) in [7, 11) is 0. The molecule has 0 amide bonds. The maximum absolute atomic E-state index is 12.4. The van der Waals surface area contributed by atoms with Gasteiger partial charge >= 0.3 is 6.18 Å². The molecule has 0 N–H and O–H groups in total. The van der Waals surface area contributed by atoms with E-state index in [0.29, 0.717) is 8.95 Å². The Hall–Kier alpha value is 0.700. The first-order chi connectivity index (χ1) is 5.82. The van der Waals surface area contributed by atoms with Crippen LogP contribution < -0.4 is 0 Å². The van der Waals surface area contributed by atoms with Gasteiger partial charge in [-0.05, 0) is 50.7 Å². The van der Waals surface area contributed by atoms with Gasteiger partial charge in [-0.2, -0.15) is 13.2 Å². The van der Waals surface area contributed by atoms with Gasteiger partial charge in [-0.15, -0.1) is 0 Å². The van der Waals surface area contributed by atoms with Crippen molar-refractivity contribution in [3.63, 3.8) is 0 Å². The highest BCUT2D eigenvalue weighted by Crippen LogP contribution is 2.37. The van der Waals surface area contributed by atoms with Crippen LogP contribution in [0.25, 0.3) is 0 Å². The summed E-state index contributed by atoms with van der Waals surface area (Å²) < 4.78 is 38.1. The molecule has 0 radical (unpaired) electrons. The predicted molar refractivity (Wildman–Crippen MR) is 59.6 cm³/mol. The number of benzene rings is 1. The molecule has 0 heterocycles. The molecule has 0 aliphatic rings. The Labute approximate surface area is 103 Å². The quantitative estimate of drug-likeness (QED) is 0.409. The maximum Gasteiger partial charge on any atom is 0.417 e. The predicted octanol–water partition coefficient (Wildman–Crippen LogP) is 4.84. The van der Waals surface area contributed by atoms with Crippen molar-refractivity contribution in [3.8, 4) is 0 Å². The molecule has 1 aromatic rings. The third-order valence-corrected chi connectivity index (χ3v) is 4.29. The first-order valence-corrected chi connectivity index (χ1v) is 5.70. The van der Waals surface area contributed by atoms with E-state index in [-0.39, 0.29) is 3.57 Å². The minimum Gasteiger partial charge on any atom is -0.166 e. The van der Waals surface area contributed by atoms with E-state index in [0.717, 1.165) is 6.07 Å². The van der Waals surface area contributed by atoms with Crippen LogP contribution in [0, 0.1) is 3.57 Å². The third kappa shape index (κ3) is 2.82. The molecule has 6 heteroatoms. The number of hydrogen-bond donors (Lipinski definition) is 0. The van der Waals surface area contributed by atoms with E-state index in [4.69, 9.17) is 0 Å². The molecule has 0 aromatic heterocycles. The first-order valence-electron chi connectivity index (χ1n) is 3.04. The Balaban J connectivity index is 3.37. The highest BCUT2D eigenvalue weighted by atomic mass is 127. The largest absolute Gasteiger partial charge is 0.417 e. The van der Waals surface area contributed by atoms with Crippen molar-refractivity contribution in [3.05, 3.63) is 30.2 Å². The van der Waals surface area contributed by atoms with Gasteiger partial charge in [0.05, 0.1) is 5.56 Å². The zero-order valence-corrected chi connectivity index (χ0v) is 11.3. The summed E-state index contributed by atoms with van der Waals surface area (Å²) in [5, 5.41) is 0. The van der Waals surface area contributed by atoms with Crippen molar-refractivity contribution >= 4 is 54.5 Å². The number of rotatable bonds is 0. The van der Waals surface area contributed by atoms with Crippen LogP contribution in [0.1, 0.15) is 5.56 Å². The van der Waals surface area contributed by atoms with Gasteiger partial charge in [0.1, 0.15) is 0 Å². The van der Waals surface area contributed by atoms with E-state index in [1.54, 1.807) is 28.7 Å². The molecule has 0 aliphatic heterocycles. The van der Waals surface area contributed by atoms with E-state index in [9.17, 15) is 13.2 Å². The standard InChI is InChI=1S/C7H2Br2F3I/c8-3-1-4(7(10,11)12)6(13)5(9)2-3/h1-2H. The van der Waals surface area contributed by atoms with E-state index >= 15 is 0 Å². The maximum atomic E-state index is 12.4. The second-order valence-corrected chi connectivity index (χ2v) is 5.10. The molecule has 0 atom stereocenters. The number of hydrogen-bond acceptors (Lipinski definition) is 0. The molecule has 0 unspecified atom stereocenters. The van der Waals surface area contributed by atoms with Crippen LogP contribution in [-0.2, 0) is 6.18 Å². The Bertz CT molecular complexity index is 335. The van der Waals surface area contributed by atoms with Crippen LogP contribution >= 0.6 is 54.5 Å². The second-order valence-electron chi connectivity index (χ2n) is 2.25. The van der Waals surface area contributed by atoms with Gasteiger partial charge in [-0.3, -0.25) is 0 Å². The molecule has 0 fully saturated rings. The molecule has 0 bridgehead atoms. The van der Waals surface area contributed by atoms with E-state index in [2.05, 4.69) is 31.9 Å². The van der Waals surface area contributed by atoms with Crippen molar-refractivity contribution in [1.82, 2.24) is 0 Å². The van der Waals surface area contributed by atoms with Crippen LogP contribution in [0.5, 0.6) is 0 Å². The Morgan fingerprint density at radius 2 is 1.69 bits per heavy atom. The van der Waals surface area contributed by atoms with Crippen molar-refractivity contribution < 1.29 is 13.2 Å². The molecule has 0 aliphatic carbocycles. The third-order valence-electron chi connectivity index (χ3n) is 1.30. The van der Waals surface area contributed by atoms with Gasteiger partial charge in [-0.25, -0.2) is 0 Å². The van der Waals surface area contributed by atoms with Crippen molar-refractivity contribution in [2.45, 2.75) is 6.18 Å². The van der Waals surface area contributed by atoms with Gasteiger partial charge < -0.3 is 0 Å². The molecule has 1 aromatic carbocycles. The van der Waals surface area contributed by atoms with Crippen LogP contribution in [0.15, 0.2) is 21.1 Å². The highest BCUT2D eigenvalue weighted by Gasteiger charge is 2.33. The van der Waals surface area contributed by atoms with Gasteiger partial charge in [0.2, 0.25) is 0 Å². The van der Waals surface area contributed by atoms with Crippen LogP contribution in [0.4, 0.5) is 13.2 Å². The number of alkyl halides is 3. The first kappa shape index (κ1) is 11.8. The smallest absolute Gasteiger partial charge is 0.166 e. The van der Waals surface area contributed by atoms with Crippen molar-refractivity contribution in [1.29, 1.82) is 0 Å². The summed E-state index contributed by atoms with van der Waals surface area (Å²) in [4.78, 5) is 0. The lowest BCUT2D eigenvalue weighted by Gasteiger charge is -2.10. The minimum absolute atomic E-state index is 0.174. The van der Waals surface area contributed by atoms with Gasteiger partial charge in [0.15, 0.2) is 0 Å². The van der Waals surface area contributed by atoms with Crippen molar-refractivity contribution in [2.24, 2.45) is 0 Å². The molecule has 0 nitrogen and oxygen atoms in total. The van der Waals surface area contributed by atoms with Crippen LogP contribution in [-0.4, -0.2) is 0 Å². The Kier molecular flexibility index (Phi) is 3.67. The molecule has 1 rings (SSSR count). The Morgan fingerprint density at radius 3 is 2.15 bits per heavy atom. The fourth-order valence-corrected chi connectivity index (χ4v) is 2.60. The molecule has 0 saturated carbocycles. The summed E-state index contributed by atoms with van der Waals surface area (Å²) in [5.41, 5.74) is -0.630. The zero-order chi connectivity index (χ0) is 10.2. The lowest BCUT2D eigenvalue weighted by Crippen LogP contribution is -2.07. The molecular formula is C7H2Br2F3I.